The van der Waals surface area contributed by atoms with Gasteiger partial charge in [-0.3, -0.25) is 10.1 Å². The normalized spacial score (nSPS) is 14.6. The van der Waals surface area contributed by atoms with E-state index in [-0.39, 0.29) is 10.7 Å². The van der Waals surface area contributed by atoms with Crippen LogP contribution >= 0.6 is 23.8 Å². The molecule has 1 aliphatic heterocycles. The van der Waals surface area contributed by atoms with Crippen LogP contribution in [0.25, 0.3) is 0 Å². The van der Waals surface area contributed by atoms with E-state index in [1.54, 1.807) is 6.07 Å². The third-order valence-corrected chi connectivity index (χ3v) is 5.19. The summed E-state index contributed by atoms with van der Waals surface area (Å²) in [5.41, 5.74) is 1.85. The number of rotatable bonds is 4. The van der Waals surface area contributed by atoms with Crippen LogP contribution < -0.4 is 15.5 Å². The molecule has 28 heavy (non-hydrogen) atoms. The summed E-state index contributed by atoms with van der Waals surface area (Å²) < 4.78 is 13.2. The molecular formula is C20H22ClFN4OS. The number of thiocarbonyl (C=S) groups is 1. The van der Waals surface area contributed by atoms with Crippen LogP contribution in [0, 0.1) is 5.82 Å². The summed E-state index contributed by atoms with van der Waals surface area (Å²) >= 11 is 11.6. The Balaban J connectivity index is 1.59. The van der Waals surface area contributed by atoms with Crippen molar-refractivity contribution < 1.29 is 9.18 Å². The molecule has 1 fully saturated rings. The van der Waals surface area contributed by atoms with Gasteiger partial charge in [0.05, 0.1) is 10.7 Å². The van der Waals surface area contributed by atoms with Gasteiger partial charge in [-0.2, -0.15) is 0 Å². The van der Waals surface area contributed by atoms with E-state index in [1.807, 2.05) is 12.1 Å². The first-order valence-corrected chi connectivity index (χ1v) is 9.89. The van der Waals surface area contributed by atoms with Crippen molar-refractivity contribution >= 4 is 46.2 Å². The van der Waals surface area contributed by atoms with Gasteiger partial charge in [-0.05, 0) is 55.2 Å². The highest BCUT2D eigenvalue weighted by molar-refractivity contribution is 7.80. The molecule has 3 rings (SSSR count). The average Bonchev–Trinajstić information content (AvgIpc) is 2.68. The number of hydrogen-bond donors (Lipinski definition) is 2. The summed E-state index contributed by atoms with van der Waals surface area (Å²) in [5.74, 6) is -0.956. The zero-order valence-corrected chi connectivity index (χ0v) is 17.1. The van der Waals surface area contributed by atoms with E-state index in [2.05, 4.69) is 27.4 Å². The van der Waals surface area contributed by atoms with Crippen LogP contribution in [0.1, 0.15) is 17.3 Å². The lowest BCUT2D eigenvalue weighted by molar-refractivity contribution is 0.0977. The molecule has 1 saturated heterocycles. The highest BCUT2D eigenvalue weighted by Gasteiger charge is 2.18. The van der Waals surface area contributed by atoms with Gasteiger partial charge in [0.1, 0.15) is 5.82 Å². The lowest BCUT2D eigenvalue weighted by Gasteiger charge is -2.36. The summed E-state index contributed by atoms with van der Waals surface area (Å²) in [6.45, 7) is 7.12. The molecule has 0 aromatic heterocycles. The van der Waals surface area contributed by atoms with Gasteiger partial charge < -0.3 is 15.1 Å². The van der Waals surface area contributed by atoms with Crippen molar-refractivity contribution in [1.29, 1.82) is 0 Å². The van der Waals surface area contributed by atoms with Crippen molar-refractivity contribution in [3.8, 4) is 0 Å². The van der Waals surface area contributed by atoms with E-state index in [9.17, 15) is 9.18 Å². The maximum absolute atomic E-state index is 13.2. The van der Waals surface area contributed by atoms with Gasteiger partial charge in [-0.25, -0.2) is 4.39 Å². The van der Waals surface area contributed by atoms with Crippen LogP contribution in [0.3, 0.4) is 0 Å². The van der Waals surface area contributed by atoms with E-state index in [1.165, 1.54) is 18.2 Å². The number of amides is 1. The molecule has 0 spiro atoms. The molecule has 1 aliphatic rings. The molecular weight excluding hydrogens is 399 g/mol. The highest BCUT2D eigenvalue weighted by atomic mass is 35.5. The molecule has 0 aliphatic carbocycles. The Kier molecular flexibility index (Phi) is 6.83. The molecule has 2 N–H and O–H groups in total. The number of benzene rings is 2. The van der Waals surface area contributed by atoms with Gasteiger partial charge >= 0.3 is 0 Å². The van der Waals surface area contributed by atoms with E-state index in [4.69, 9.17) is 23.8 Å². The number of halogens is 2. The van der Waals surface area contributed by atoms with Crippen LogP contribution in [0.15, 0.2) is 42.5 Å². The van der Waals surface area contributed by atoms with Crippen molar-refractivity contribution in [3.63, 3.8) is 0 Å². The van der Waals surface area contributed by atoms with E-state index < -0.39 is 11.7 Å². The fourth-order valence-corrected chi connectivity index (χ4v) is 3.62. The van der Waals surface area contributed by atoms with Crippen molar-refractivity contribution in [2.45, 2.75) is 6.92 Å². The number of nitrogens with zero attached hydrogens (tertiary/aromatic N) is 2. The highest BCUT2D eigenvalue weighted by Crippen LogP contribution is 2.29. The first-order valence-electron chi connectivity index (χ1n) is 9.11. The molecule has 0 atom stereocenters. The number of piperazine rings is 1. The fourth-order valence-electron chi connectivity index (χ4n) is 3.11. The molecule has 2 aromatic carbocycles. The summed E-state index contributed by atoms with van der Waals surface area (Å²) in [7, 11) is 0. The summed E-state index contributed by atoms with van der Waals surface area (Å²) in [5, 5.41) is 6.21. The minimum Gasteiger partial charge on any atom is -0.368 e. The first-order chi connectivity index (χ1) is 13.5. The van der Waals surface area contributed by atoms with Gasteiger partial charge in [0.2, 0.25) is 0 Å². The van der Waals surface area contributed by atoms with E-state index in [0.717, 1.165) is 44.5 Å². The Morgan fingerprint density at radius 3 is 2.57 bits per heavy atom. The van der Waals surface area contributed by atoms with E-state index in [0.29, 0.717) is 10.7 Å². The lowest BCUT2D eigenvalue weighted by atomic mass is 10.2. The van der Waals surface area contributed by atoms with Crippen molar-refractivity contribution in [2.24, 2.45) is 0 Å². The number of likely N-dealkylation sites (N-methyl/N-ethyl adjacent to an activating group) is 1. The third-order valence-electron chi connectivity index (χ3n) is 4.68. The summed E-state index contributed by atoms with van der Waals surface area (Å²) in [6, 6.07) is 11.0. The van der Waals surface area contributed by atoms with Gasteiger partial charge in [-0.15, -0.1) is 0 Å². The third kappa shape index (κ3) is 5.19. The Labute approximate surface area is 174 Å². The molecule has 5 nitrogen and oxygen atoms in total. The Hall–Kier alpha value is -2.22. The summed E-state index contributed by atoms with van der Waals surface area (Å²) in [6.07, 6.45) is 0. The second-order valence-corrected chi connectivity index (χ2v) is 7.32. The number of hydrogen-bond acceptors (Lipinski definition) is 4. The Bertz CT molecular complexity index is 871. The Morgan fingerprint density at radius 2 is 1.93 bits per heavy atom. The van der Waals surface area contributed by atoms with Gasteiger partial charge in [0, 0.05) is 37.4 Å². The largest absolute Gasteiger partial charge is 0.368 e. The fraction of sp³-hybridized carbons (Fsp3) is 0.300. The molecule has 8 heteroatoms. The molecule has 2 aromatic rings. The lowest BCUT2D eigenvalue weighted by Crippen LogP contribution is -2.46. The van der Waals surface area contributed by atoms with E-state index >= 15 is 0 Å². The topological polar surface area (TPSA) is 47.6 Å². The van der Waals surface area contributed by atoms with Crippen molar-refractivity contribution in [2.75, 3.05) is 42.9 Å². The molecule has 1 heterocycles. The molecule has 0 bridgehead atoms. The standard InChI is InChI=1S/C20H22ClFN4OS/c1-2-25-8-10-26(11-9-25)18-7-6-16(13-17(18)21)23-20(28)24-19(27)14-4-3-5-15(22)12-14/h3-7,12-13H,2,8-11H2,1H3,(H2,23,24,27,28). The van der Waals surface area contributed by atoms with Gasteiger partial charge in [-0.1, -0.05) is 24.6 Å². The smallest absolute Gasteiger partial charge is 0.257 e. The number of anilines is 2. The van der Waals surface area contributed by atoms with Gasteiger partial charge in [0.15, 0.2) is 5.11 Å². The first kappa shape index (κ1) is 20.5. The second kappa shape index (κ2) is 9.32. The SMILES string of the molecule is CCN1CCN(c2ccc(NC(=S)NC(=O)c3cccc(F)c3)cc2Cl)CC1. The molecule has 148 valence electrons. The molecule has 0 unspecified atom stereocenters. The number of carbonyl (C=O) groups excluding carboxylic acids is 1. The quantitative estimate of drug-likeness (QED) is 0.738. The van der Waals surface area contributed by atoms with Crippen molar-refractivity contribution in [1.82, 2.24) is 10.2 Å². The second-order valence-electron chi connectivity index (χ2n) is 6.51. The predicted octanol–water partition coefficient (Wildman–Crippen LogP) is 3.75. The molecule has 0 radical (unpaired) electrons. The van der Waals surface area contributed by atoms with Gasteiger partial charge in [0.25, 0.3) is 5.91 Å². The minimum atomic E-state index is -0.478. The van der Waals surface area contributed by atoms with Crippen LogP contribution in [-0.4, -0.2) is 48.6 Å². The maximum atomic E-state index is 13.2. The number of nitrogens with one attached hydrogen (secondary N) is 2. The monoisotopic (exact) mass is 420 g/mol. The van der Waals surface area contributed by atoms with Crippen LogP contribution in [0.4, 0.5) is 15.8 Å². The van der Waals surface area contributed by atoms with Crippen LogP contribution in [0.2, 0.25) is 5.02 Å². The van der Waals surface area contributed by atoms with Crippen LogP contribution in [0.5, 0.6) is 0 Å². The minimum absolute atomic E-state index is 0.120. The predicted molar refractivity (Wildman–Crippen MR) is 116 cm³/mol. The summed E-state index contributed by atoms with van der Waals surface area (Å²) in [4.78, 5) is 16.8. The Morgan fingerprint density at radius 1 is 1.18 bits per heavy atom. The average molecular weight is 421 g/mol. The van der Waals surface area contributed by atoms with Crippen molar-refractivity contribution in [3.05, 3.63) is 58.9 Å². The van der Waals surface area contributed by atoms with Crippen LogP contribution in [-0.2, 0) is 0 Å². The maximum Gasteiger partial charge on any atom is 0.257 e. The molecule has 0 saturated carbocycles. The zero-order valence-electron chi connectivity index (χ0n) is 15.5. The zero-order chi connectivity index (χ0) is 20.1. The number of carbonyl (C=O) groups is 1. The molecule has 1 amide bonds.